The zero-order valence-electron chi connectivity index (χ0n) is 24.4. The minimum Gasteiger partial charge on any atom is -0.457 e. The maximum atomic E-state index is 12.7. The number of carbonyl (C=O) groups is 1. The van der Waals surface area contributed by atoms with E-state index >= 15 is 0 Å². The van der Waals surface area contributed by atoms with Crippen molar-refractivity contribution in [2.75, 3.05) is 18.4 Å². The number of nitrogens with one attached hydrogen (secondary N) is 1. The molecule has 0 spiro atoms. The van der Waals surface area contributed by atoms with E-state index in [-0.39, 0.29) is 6.09 Å². The molecular formula is C32H33N7O3. The van der Waals surface area contributed by atoms with Crippen LogP contribution in [0.3, 0.4) is 0 Å². The molecule has 1 aliphatic heterocycles. The van der Waals surface area contributed by atoms with Crippen LogP contribution in [0.15, 0.2) is 67.3 Å². The second-order valence-electron chi connectivity index (χ2n) is 11.4. The number of hydrogen-bond acceptors (Lipinski definition) is 8. The number of aromatic nitrogens is 5. The number of anilines is 2. The van der Waals surface area contributed by atoms with Gasteiger partial charge in [0.25, 0.3) is 0 Å². The van der Waals surface area contributed by atoms with Gasteiger partial charge in [0, 0.05) is 25.3 Å². The number of aryl methyl sites for hydroxylation is 2. The zero-order chi connectivity index (χ0) is 29.4. The first kappa shape index (κ1) is 27.2. The summed E-state index contributed by atoms with van der Waals surface area (Å²) in [6.07, 6.45) is 5.85. The number of pyridine rings is 1. The van der Waals surface area contributed by atoms with Gasteiger partial charge >= 0.3 is 6.09 Å². The van der Waals surface area contributed by atoms with Gasteiger partial charge in [-0.15, -0.1) is 0 Å². The lowest BCUT2D eigenvalue weighted by Crippen LogP contribution is -2.39. The highest BCUT2D eigenvalue weighted by atomic mass is 16.6. The molecule has 0 radical (unpaired) electrons. The molecular weight excluding hydrogens is 530 g/mol. The fraction of sp³-hybridized carbons (Fsp3) is 0.281. The van der Waals surface area contributed by atoms with Crippen molar-refractivity contribution in [1.82, 2.24) is 29.4 Å². The Bertz CT molecular complexity index is 1840. The Morgan fingerprint density at radius 1 is 1.00 bits per heavy atom. The maximum absolute atomic E-state index is 12.7. The molecule has 214 valence electrons. The minimum absolute atomic E-state index is 0.320. The monoisotopic (exact) mass is 563 g/mol. The Hall–Kier alpha value is -4.99. The predicted octanol–water partition coefficient (Wildman–Crippen LogP) is 6.78. The van der Waals surface area contributed by atoms with Gasteiger partial charge in [0.05, 0.1) is 35.1 Å². The van der Waals surface area contributed by atoms with Gasteiger partial charge < -0.3 is 24.3 Å². The number of benzene rings is 2. The van der Waals surface area contributed by atoms with Crippen molar-refractivity contribution >= 4 is 45.2 Å². The van der Waals surface area contributed by atoms with E-state index in [0.717, 1.165) is 57.0 Å². The summed E-state index contributed by atoms with van der Waals surface area (Å²) in [5, 5.41) is 3.40. The summed E-state index contributed by atoms with van der Waals surface area (Å²) in [4.78, 5) is 32.6. The van der Waals surface area contributed by atoms with Crippen LogP contribution < -0.4 is 10.1 Å². The summed E-state index contributed by atoms with van der Waals surface area (Å²) in [6, 6.07) is 15.6. The van der Waals surface area contributed by atoms with E-state index in [1.807, 2.05) is 87.8 Å². The third-order valence-corrected chi connectivity index (χ3v) is 6.98. The van der Waals surface area contributed by atoms with Crippen LogP contribution in [0.25, 0.3) is 27.6 Å². The SMILES string of the molecule is Cc1cc(Nc2ncnc3ccc(C4=CCCN(C(=O)OC(C)(C)C)C4)nc23)ccc1Oc1ccc2c(c1)ncn2C. The summed E-state index contributed by atoms with van der Waals surface area (Å²) in [5.74, 6) is 2.07. The molecule has 0 bridgehead atoms. The Kier molecular flexibility index (Phi) is 6.97. The standard InChI is InChI=1S/C32H33N7O3/c1-20-15-22(8-13-28(20)41-23-9-12-27-26(16-23)35-19-38(27)5)36-30-29-25(33-18-34-30)11-10-24(37-29)21-7-6-14-39(17-21)31(40)42-32(2,3)4/h7-13,15-16,18-19H,6,14,17H2,1-5H3,(H,33,34,36). The molecule has 10 heteroatoms. The van der Waals surface area contributed by atoms with E-state index in [2.05, 4.69) is 26.3 Å². The Morgan fingerprint density at radius 3 is 2.67 bits per heavy atom. The summed E-state index contributed by atoms with van der Waals surface area (Å²) in [5.41, 5.74) is 6.30. The summed E-state index contributed by atoms with van der Waals surface area (Å²) in [7, 11) is 1.97. The van der Waals surface area contributed by atoms with Crippen LogP contribution in [-0.2, 0) is 11.8 Å². The van der Waals surface area contributed by atoms with E-state index in [1.165, 1.54) is 6.33 Å². The molecule has 5 aromatic rings. The summed E-state index contributed by atoms with van der Waals surface area (Å²) < 4.78 is 13.7. The van der Waals surface area contributed by atoms with Crippen molar-refractivity contribution in [2.24, 2.45) is 7.05 Å². The number of ether oxygens (including phenoxy) is 2. The first-order valence-electron chi connectivity index (χ1n) is 13.9. The fourth-order valence-corrected chi connectivity index (χ4v) is 4.91. The van der Waals surface area contributed by atoms with Crippen LogP contribution in [0.2, 0.25) is 0 Å². The molecule has 0 aliphatic carbocycles. The van der Waals surface area contributed by atoms with E-state index < -0.39 is 5.60 Å². The van der Waals surface area contributed by atoms with Crippen molar-refractivity contribution in [2.45, 2.75) is 39.7 Å². The van der Waals surface area contributed by atoms with E-state index in [4.69, 9.17) is 14.5 Å². The van der Waals surface area contributed by atoms with E-state index in [1.54, 1.807) is 11.2 Å². The Balaban J connectivity index is 1.21. The maximum Gasteiger partial charge on any atom is 0.410 e. The third-order valence-electron chi connectivity index (χ3n) is 6.98. The zero-order valence-corrected chi connectivity index (χ0v) is 24.4. The summed E-state index contributed by atoms with van der Waals surface area (Å²) >= 11 is 0. The van der Waals surface area contributed by atoms with Gasteiger partial charge in [0.1, 0.15) is 28.9 Å². The highest BCUT2D eigenvalue weighted by molar-refractivity contribution is 5.88. The fourth-order valence-electron chi connectivity index (χ4n) is 4.91. The van der Waals surface area contributed by atoms with E-state index in [9.17, 15) is 4.79 Å². The predicted molar refractivity (Wildman–Crippen MR) is 163 cm³/mol. The molecule has 3 aromatic heterocycles. The number of imidazole rings is 1. The molecule has 42 heavy (non-hydrogen) atoms. The topological polar surface area (TPSA) is 107 Å². The second kappa shape index (κ2) is 10.8. The first-order valence-corrected chi connectivity index (χ1v) is 13.9. The molecule has 0 saturated heterocycles. The van der Waals surface area contributed by atoms with Crippen LogP contribution in [-0.4, -0.2) is 54.2 Å². The van der Waals surface area contributed by atoms with Crippen LogP contribution in [0.4, 0.5) is 16.3 Å². The molecule has 10 nitrogen and oxygen atoms in total. The number of rotatable bonds is 5. The summed E-state index contributed by atoms with van der Waals surface area (Å²) in [6.45, 7) is 8.65. The molecule has 0 fully saturated rings. The van der Waals surface area contributed by atoms with Crippen molar-refractivity contribution in [3.05, 3.63) is 78.5 Å². The average molecular weight is 564 g/mol. The van der Waals surface area contributed by atoms with Gasteiger partial charge in [-0.1, -0.05) is 6.08 Å². The lowest BCUT2D eigenvalue weighted by molar-refractivity contribution is 0.0273. The van der Waals surface area contributed by atoms with Gasteiger partial charge in [-0.2, -0.15) is 0 Å². The molecule has 1 N–H and O–H groups in total. The Morgan fingerprint density at radius 2 is 1.86 bits per heavy atom. The van der Waals surface area contributed by atoms with Crippen LogP contribution in [0.1, 0.15) is 38.4 Å². The van der Waals surface area contributed by atoms with Crippen molar-refractivity contribution in [1.29, 1.82) is 0 Å². The quantitative estimate of drug-likeness (QED) is 0.249. The van der Waals surface area contributed by atoms with Gasteiger partial charge in [-0.3, -0.25) is 0 Å². The average Bonchev–Trinajstić information content (AvgIpc) is 3.33. The molecule has 0 atom stereocenters. The Labute approximate surface area is 244 Å². The largest absolute Gasteiger partial charge is 0.457 e. The number of nitrogens with zero attached hydrogens (tertiary/aromatic N) is 6. The van der Waals surface area contributed by atoms with Crippen molar-refractivity contribution in [3.8, 4) is 11.5 Å². The highest BCUT2D eigenvalue weighted by Crippen LogP contribution is 2.31. The van der Waals surface area contributed by atoms with Gasteiger partial charge in [-0.25, -0.2) is 24.7 Å². The third kappa shape index (κ3) is 5.74. The lowest BCUT2D eigenvalue weighted by Gasteiger charge is -2.30. The molecule has 1 amide bonds. The van der Waals surface area contributed by atoms with Gasteiger partial charge in [0.2, 0.25) is 0 Å². The normalized spacial score (nSPS) is 13.7. The molecule has 0 unspecified atom stereocenters. The van der Waals surface area contributed by atoms with Crippen molar-refractivity contribution in [3.63, 3.8) is 0 Å². The van der Waals surface area contributed by atoms with Crippen LogP contribution in [0, 0.1) is 6.92 Å². The van der Waals surface area contributed by atoms with Crippen LogP contribution >= 0.6 is 0 Å². The van der Waals surface area contributed by atoms with Crippen LogP contribution in [0.5, 0.6) is 11.5 Å². The van der Waals surface area contributed by atoms with E-state index in [0.29, 0.717) is 24.4 Å². The molecule has 4 heterocycles. The number of amides is 1. The highest BCUT2D eigenvalue weighted by Gasteiger charge is 2.25. The second-order valence-corrected chi connectivity index (χ2v) is 11.4. The smallest absolute Gasteiger partial charge is 0.410 e. The minimum atomic E-state index is -0.548. The first-order chi connectivity index (χ1) is 20.1. The van der Waals surface area contributed by atoms with Crippen molar-refractivity contribution < 1.29 is 14.3 Å². The molecule has 0 saturated carbocycles. The van der Waals surface area contributed by atoms with Gasteiger partial charge in [0.15, 0.2) is 5.82 Å². The van der Waals surface area contributed by atoms with Gasteiger partial charge in [-0.05, 0) is 87.7 Å². The lowest BCUT2D eigenvalue weighted by atomic mass is 10.1. The number of hydrogen-bond donors (Lipinski definition) is 1. The number of carbonyl (C=O) groups excluding carboxylic acids is 1. The molecule has 1 aliphatic rings. The number of fused-ring (bicyclic) bond motifs is 2. The molecule has 2 aromatic carbocycles. The molecule has 6 rings (SSSR count).